The maximum Gasteiger partial charge on any atom is 0.511 e. The number of carboxylic acid groups (broad SMARTS) is 1. The molecule has 1 aliphatic rings. The van der Waals surface area contributed by atoms with Gasteiger partial charge < -0.3 is 5.11 Å². The van der Waals surface area contributed by atoms with Gasteiger partial charge in [-0.3, -0.25) is 4.79 Å². The lowest BCUT2D eigenvalue weighted by Crippen LogP contribution is -2.56. The molecule has 0 saturated carbocycles. The predicted molar refractivity (Wildman–Crippen MR) is 37.7 cm³/mol. The number of rotatable bonds is 2. The van der Waals surface area contributed by atoms with Gasteiger partial charge >= 0.3 is 21.5 Å². The van der Waals surface area contributed by atoms with Gasteiger partial charge in [0.25, 0.3) is 0 Å². The van der Waals surface area contributed by atoms with Gasteiger partial charge in [0.2, 0.25) is 0 Å². The van der Waals surface area contributed by atoms with Crippen molar-refractivity contribution in [3.63, 3.8) is 0 Å². The number of carboxylic acids is 1. The van der Waals surface area contributed by atoms with E-state index in [2.05, 4.69) is 0 Å². The van der Waals surface area contributed by atoms with Crippen molar-refractivity contribution in [3.05, 3.63) is 0 Å². The van der Waals surface area contributed by atoms with Crippen molar-refractivity contribution in [2.24, 2.45) is 5.92 Å². The highest BCUT2D eigenvalue weighted by atomic mass is 32.2. The summed E-state index contributed by atoms with van der Waals surface area (Å²) in [5.74, 6) is -2.33. The molecule has 0 amide bonds. The van der Waals surface area contributed by atoms with Crippen molar-refractivity contribution in [1.82, 2.24) is 4.31 Å². The van der Waals surface area contributed by atoms with Gasteiger partial charge in [-0.15, -0.1) is 0 Å². The topological polar surface area (TPSA) is 74.7 Å². The first-order chi connectivity index (χ1) is 6.16. The quantitative estimate of drug-likeness (QED) is 0.719. The Morgan fingerprint density at radius 1 is 1.36 bits per heavy atom. The van der Waals surface area contributed by atoms with Gasteiger partial charge in [-0.05, 0) is 0 Å². The zero-order valence-corrected chi connectivity index (χ0v) is 7.47. The van der Waals surface area contributed by atoms with Gasteiger partial charge in [-0.1, -0.05) is 0 Å². The summed E-state index contributed by atoms with van der Waals surface area (Å²) in [5.41, 5.74) is -5.35. The lowest BCUT2D eigenvalue weighted by Gasteiger charge is -2.35. The fourth-order valence-electron chi connectivity index (χ4n) is 0.937. The van der Waals surface area contributed by atoms with E-state index in [1.807, 2.05) is 0 Å². The van der Waals surface area contributed by atoms with Crippen molar-refractivity contribution in [2.75, 3.05) is 13.1 Å². The van der Waals surface area contributed by atoms with Crippen LogP contribution in [0.15, 0.2) is 0 Å². The molecule has 0 atom stereocenters. The molecule has 0 bridgehead atoms. The minimum Gasteiger partial charge on any atom is -0.481 e. The van der Waals surface area contributed by atoms with Gasteiger partial charge in [-0.25, -0.2) is 8.42 Å². The third-order valence-electron chi connectivity index (χ3n) is 1.83. The summed E-state index contributed by atoms with van der Waals surface area (Å²) < 4.78 is 56.9. The summed E-state index contributed by atoms with van der Waals surface area (Å²) >= 11 is 0. The molecule has 0 aromatic carbocycles. The van der Waals surface area contributed by atoms with Crippen LogP contribution in [0.2, 0.25) is 0 Å². The lowest BCUT2D eigenvalue weighted by molar-refractivity contribution is -0.145. The minimum absolute atomic E-state index is 0.103. The van der Waals surface area contributed by atoms with Crippen molar-refractivity contribution in [2.45, 2.75) is 5.51 Å². The second kappa shape index (κ2) is 3.09. The second-order valence-corrected chi connectivity index (χ2v) is 4.73. The Balaban J connectivity index is 2.69. The van der Waals surface area contributed by atoms with Crippen LogP contribution >= 0.6 is 0 Å². The van der Waals surface area contributed by atoms with Gasteiger partial charge in [0, 0.05) is 13.1 Å². The Morgan fingerprint density at radius 2 is 1.79 bits per heavy atom. The van der Waals surface area contributed by atoms with Crippen LogP contribution in [-0.2, 0) is 14.8 Å². The van der Waals surface area contributed by atoms with E-state index in [0.717, 1.165) is 0 Å². The summed E-state index contributed by atoms with van der Waals surface area (Å²) in [6.45, 7) is -1.23. The molecule has 1 heterocycles. The fourth-order valence-corrected chi connectivity index (χ4v) is 1.98. The van der Waals surface area contributed by atoms with E-state index in [0.29, 0.717) is 0 Å². The summed E-state index contributed by atoms with van der Waals surface area (Å²) in [4.78, 5) is 10.2. The molecule has 0 unspecified atom stereocenters. The third kappa shape index (κ3) is 1.69. The van der Waals surface area contributed by atoms with Gasteiger partial charge in [0.15, 0.2) is 0 Å². The lowest BCUT2D eigenvalue weighted by atomic mass is 10.0. The molecule has 0 aromatic rings. The zero-order chi connectivity index (χ0) is 11.1. The maximum atomic E-state index is 11.9. The number of sulfonamides is 1. The Labute approximate surface area is 77.2 Å². The molecule has 1 fully saturated rings. The van der Waals surface area contributed by atoms with Gasteiger partial charge in [-0.2, -0.15) is 17.5 Å². The molecule has 0 radical (unpaired) electrons. The largest absolute Gasteiger partial charge is 0.511 e. The number of carbonyl (C=O) groups is 1. The number of nitrogens with zero attached hydrogens (tertiary/aromatic N) is 1. The van der Waals surface area contributed by atoms with Gasteiger partial charge in [0.05, 0.1) is 5.92 Å². The van der Waals surface area contributed by atoms with Crippen LogP contribution < -0.4 is 0 Å². The standard InChI is InChI=1S/C5H6F3NO4S/c6-5(7,8)14(12,13)9-1-3(2-9)4(10)11/h3H,1-2H2,(H,10,11). The number of alkyl halides is 3. The molecular weight excluding hydrogens is 227 g/mol. The first-order valence-corrected chi connectivity index (χ1v) is 4.89. The van der Waals surface area contributed by atoms with Crippen LogP contribution in [-0.4, -0.2) is 42.4 Å². The highest BCUT2D eigenvalue weighted by Crippen LogP contribution is 2.31. The minimum atomic E-state index is -5.35. The number of hydrogen-bond acceptors (Lipinski definition) is 3. The van der Waals surface area contributed by atoms with Crippen molar-refractivity contribution < 1.29 is 31.5 Å². The molecule has 5 nitrogen and oxygen atoms in total. The average Bonchev–Trinajstić information content (AvgIpc) is 1.77. The molecule has 0 aliphatic carbocycles. The highest BCUT2D eigenvalue weighted by molar-refractivity contribution is 7.90. The first-order valence-electron chi connectivity index (χ1n) is 3.45. The average molecular weight is 233 g/mol. The fraction of sp³-hybridized carbons (Fsp3) is 0.800. The van der Waals surface area contributed by atoms with Crippen LogP contribution in [0.5, 0.6) is 0 Å². The first kappa shape index (κ1) is 11.2. The number of aliphatic carboxylic acids is 1. The van der Waals surface area contributed by atoms with Crippen LogP contribution in [0.25, 0.3) is 0 Å². The molecule has 9 heteroatoms. The van der Waals surface area contributed by atoms with Gasteiger partial charge in [0.1, 0.15) is 0 Å². The Bertz CT molecular complexity index is 342. The van der Waals surface area contributed by atoms with E-state index in [9.17, 15) is 26.4 Å². The molecule has 1 rings (SSSR count). The maximum absolute atomic E-state index is 11.9. The van der Waals surface area contributed by atoms with E-state index in [1.165, 1.54) is 0 Å². The molecule has 0 spiro atoms. The molecule has 1 aliphatic heterocycles. The highest BCUT2D eigenvalue weighted by Gasteiger charge is 2.54. The molecule has 14 heavy (non-hydrogen) atoms. The summed E-state index contributed by atoms with van der Waals surface area (Å²) in [7, 11) is -5.34. The van der Waals surface area contributed by atoms with E-state index in [4.69, 9.17) is 5.11 Å². The Hall–Kier alpha value is -0.830. The Morgan fingerprint density at radius 3 is 2.07 bits per heavy atom. The molecular formula is C5H6F3NO4S. The van der Waals surface area contributed by atoms with Crippen molar-refractivity contribution >= 4 is 16.0 Å². The third-order valence-corrected chi connectivity index (χ3v) is 3.39. The van der Waals surface area contributed by atoms with Crippen LogP contribution in [0, 0.1) is 5.92 Å². The zero-order valence-electron chi connectivity index (χ0n) is 6.65. The van der Waals surface area contributed by atoms with Crippen molar-refractivity contribution in [3.8, 4) is 0 Å². The second-order valence-electron chi connectivity index (χ2n) is 2.80. The summed E-state index contributed by atoms with van der Waals surface area (Å²) in [6, 6.07) is 0. The van der Waals surface area contributed by atoms with E-state index >= 15 is 0 Å². The monoisotopic (exact) mass is 233 g/mol. The molecule has 1 N–H and O–H groups in total. The molecule has 0 aromatic heterocycles. The number of halogens is 3. The smallest absolute Gasteiger partial charge is 0.481 e. The van der Waals surface area contributed by atoms with Crippen LogP contribution in [0.1, 0.15) is 0 Å². The SMILES string of the molecule is O=C(O)C1CN(S(=O)(=O)C(F)(F)F)C1. The number of hydrogen-bond donors (Lipinski definition) is 1. The predicted octanol–water partition coefficient (Wildman–Crippen LogP) is -0.148. The van der Waals surface area contributed by atoms with Crippen molar-refractivity contribution in [1.29, 1.82) is 0 Å². The normalized spacial score (nSPS) is 20.5. The summed E-state index contributed by atoms with van der Waals surface area (Å²) in [6.07, 6.45) is 0. The van der Waals surface area contributed by atoms with Crippen LogP contribution in [0.3, 0.4) is 0 Å². The molecule has 1 saturated heterocycles. The Kier molecular flexibility index (Phi) is 2.48. The summed E-state index contributed by atoms with van der Waals surface area (Å²) in [5, 5.41) is 8.32. The van der Waals surface area contributed by atoms with E-state index in [1.54, 1.807) is 0 Å². The van der Waals surface area contributed by atoms with E-state index < -0.39 is 40.5 Å². The molecule has 82 valence electrons. The van der Waals surface area contributed by atoms with E-state index in [-0.39, 0.29) is 4.31 Å². The van der Waals surface area contributed by atoms with Crippen LogP contribution in [0.4, 0.5) is 13.2 Å².